The summed E-state index contributed by atoms with van der Waals surface area (Å²) in [6.07, 6.45) is 1.70. The lowest BCUT2D eigenvalue weighted by molar-refractivity contribution is -0.136. The van der Waals surface area contributed by atoms with Crippen LogP contribution in [0.3, 0.4) is 0 Å². The molecule has 1 aliphatic rings. The molecule has 0 N–H and O–H groups in total. The zero-order valence-electron chi connectivity index (χ0n) is 8.12. The standard InChI is InChI=1S/C11H9ClO3/c1-14-11(13)7-5-8-9(12)3-2-4-10(8)15-6-7/h2-5H,6H2,1H3. The fourth-order valence-corrected chi connectivity index (χ4v) is 1.62. The Morgan fingerprint density at radius 3 is 3.07 bits per heavy atom. The van der Waals surface area contributed by atoms with Crippen molar-refractivity contribution in [3.63, 3.8) is 0 Å². The second-order valence-electron chi connectivity index (χ2n) is 3.10. The van der Waals surface area contributed by atoms with Crippen LogP contribution in [0.1, 0.15) is 5.56 Å². The molecule has 0 aliphatic carbocycles. The van der Waals surface area contributed by atoms with E-state index in [1.165, 1.54) is 7.11 Å². The first-order valence-corrected chi connectivity index (χ1v) is 4.80. The van der Waals surface area contributed by atoms with Gasteiger partial charge in [-0.25, -0.2) is 4.79 Å². The van der Waals surface area contributed by atoms with Gasteiger partial charge in [0, 0.05) is 5.56 Å². The van der Waals surface area contributed by atoms with E-state index in [4.69, 9.17) is 16.3 Å². The predicted molar refractivity (Wildman–Crippen MR) is 56.9 cm³/mol. The number of halogens is 1. The van der Waals surface area contributed by atoms with Crippen LogP contribution in [0.2, 0.25) is 5.02 Å². The highest BCUT2D eigenvalue weighted by Crippen LogP contribution is 2.32. The van der Waals surface area contributed by atoms with Gasteiger partial charge in [-0.1, -0.05) is 17.7 Å². The molecule has 0 aromatic heterocycles. The van der Waals surface area contributed by atoms with Crippen LogP contribution in [0.5, 0.6) is 5.75 Å². The summed E-state index contributed by atoms with van der Waals surface area (Å²) in [5.74, 6) is 0.302. The highest BCUT2D eigenvalue weighted by atomic mass is 35.5. The molecule has 0 saturated heterocycles. The minimum atomic E-state index is -0.388. The quantitative estimate of drug-likeness (QED) is 0.687. The van der Waals surface area contributed by atoms with Crippen molar-refractivity contribution in [2.24, 2.45) is 0 Å². The maximum absolute atomic E-state index is 11.3. The van der Waals surface area contributed by atoms with Gasteiger partial charge < -0.3 is 9.47 Å². The molecule has 78 valence electrons. The van der Waals surface area contributed by atoms with Crippen molar-refractivity contribution in [2.75, 3.05) is 13.7 Å². The van der Waals surface area contributed by atoms with E-state index >= 15 is 0 Å². The van der Waals surface area contributed by atoms with Crippen LogP contribution in [0.15, 0.2) is 23.8 Å². The number of carbonyl (C=O) groups excluding carboxylic acids is 1. The Morgan fingerprint density at radius 1 is 1.53 bits per heavy atom. The van der Waals surface area contributed by atoms with E-state index in [0.29, 0.717) is 16.3 Å². The van der Waals surface area contributed by atoms with E-state index in [0.717, 1.165) is 5.56 Å². The average molecular weight is 225 g/mol. The highest BCUT2D eigenvalue weighted by molar-refractivity contribution is 6.32. The van der Waals surface area contributed by atoms with E-state index < -0.39 is 0 Å². The molecule has 4 heteroatoms. The third-order valence-corrected chi connectivity index (χ3v) is 2.49. The molecule has 0 unspecified atom stereocenters. The number of hydrogen-bond donors (Lipinski definition) is 0. The number of benzene rings is 1. The number of rotatable bonds is 1. The van der Waals surface area contributed by atoms with Crippen molar-refractivity contribution in [1.82, 2.24) is 0 Å². The van der Waals surface area contributed by atoms with Crippen molar-refractivity contribution in [3.05, 3.63) is 34.4 Å². The van der Waals surface area contributed by atoms with E-state index in [1.807, 2.05) is 6.07 Å². The third-order valence-electron chi connectivity index (χ3n) is 2.16. The van der Waals surface area contributed by atoms with Crippen molar-refractivity contribution < 1.29 is 14.3 Å². The van der Waals surface area contributed by atoms with Gasteiger partial charge in [0.05, 0.1) is 17.7 Å². The fraction of sp³-hybridized carbons (Fsp3) is 0.182. The second kappa shape index (κ2) is 3.95. The Balaban J connectivity index is 2.44. The summed E-state index contributed by atoms with van der Waals surface area (Å²) < 4.78 is 10.0. The summed E-state index contributed by atoms with van der Waals surface area (Å²) in [6, 6.07) is 5.37. The van der Waals surface area contributed by atoms with Crippen LogP contribution >= 0.6 is 11.6 Å². The molecule has 1 heterocycles. The summed E-state index contributed by atoms with van der Waals surface area (Å²) in [4.78, 5) is 11.3. The Kier molecular flexibility index (Phi) is 2.64. The van der Waals surface area contributed by atoms with Gasteiger partial charge in [-0.3, -0.25) is 0 Å². The molecule has 0 fully saturated rings. The lowest BCUT2D eigenvalue weighted by atomic mass is 10.1. The third kappa shape index (κ3) is 1.83. The average Bonchev–Trinajstić information content (AvgIpc) is 2.28. The molecule has 3 nitrogen and oxygen atoms in total. The van der Waals surface area contributed by atoms with Gasteiger partial charge in [-0.05, 0) is 18.2 Å². The van der Waals surface area contributed by atoms with E-state index in [2.05, 4.69) is 4.74 Å². The molecule has 0 amide bonds. The van der Waals surface area contributed by atoms with Crippen LogP contribution in [0, 0.1) is 0 Å². The first kappa shape index (κ1) is 10.1. The topological polar surface area (TPSA) is 35.5 Å². The maximum atomic E-state index is 11.3. The fourth-order valence-electron chi connectivity index (χ4n) is 1.40. The molecule has 0 radical (unpaired) electrons. The van der Waals surface area contributed by atoms with Gasteiger partial charge in [0.2, 0.25) is 0 Å². The zero-order valence-corrected chi connectivity index (χ0v) is 8.88. The maximum Gasteiger partial charge on any atom is 0.337 e. The van der Waals surface area contributed by atoms with Gasteiger partial charge in [0.15, 0.2) is 0 Å². The number of esters is 1. The minimum Gasteiger partial charge on any atom is -0.488 e. The molecule has 0 atom stereocenters. The highest BCUT2D eigenvalue weighted by Gasteiger charge is 2.18. The summed E-state index contributed by atoms with van der Waals surface area (Å²) in [5.41, 5.74) is 1.20. The van der Waals surface area contributed by atoms with Crippen molar-refractivity contribution in [2.45, 2.75) is 0 Å². The zero-order chi connectivity index (χ0) is 10.8. The number of fused-ring (bicyclic) bond motifs is 1. The lowest BCUT2D eigenvalue weighted by Gasteiger charge is -2.17. The number of ether oxygens (including phenoxy) is 2. The van der Waals surface area contributed by atoms with E-state index in [-0.39, 0.29) is 12.6 Å². The van der Waals surface area contributed by atoms with E-state index in [9.17, 15) is 4.79 Å². The van der Waals surface area contributed by atoms with Crippen LogP contribution in [-0.4, -0.2) is 19.7 Å². The first-order valence-electron chi connectivity index (χ1n) is 4.42. The summed E-state index contributed by atoms with van der Waals surface area (Å²) in [5, 5.41) is 0.564. The molecule has 2 rings (SSSR count). The second-order valence-corrected chi connectivity index (χ2v) is 3.51. The van der Waals surface area contributed by atoms with Crippen molar-refractivity contribution >= 4 is 23.6 Å². The molecular weight excluding hydrogens is 216 g/mol. The Labute approximate surface area is 92.3 Å². The lowest BCUT2D eigenvalue weighted by Crippen LogP contribution is -2.16. The molecule has 0 spiro atoms. The molecule has 0 saturated carbocycles. The van der Waals surface area contributed by atoms with Crippen LogP contribution in [0.4, 0.5) is 0 Å². The molecule has 0 bridgehead atoms. The normalized spacial score (nSPS) is 13.6. The number of methoxy groups -OCH3 is 1. The van der Waals surface area contributed by atoms with Gasteiger partial charge in [0.1, 0.15) is 12.4 Å². The molecule has 1 aliphatic heterocycles. The monoisotopic (exact) mass is 224 g/mol. The van der Waals surface area contributed by atoms with Crippen LogP contribution < -0.4 is 4.74 Å². The van der Waals surface area contributed by atoms with Crippen molar-refractivity contribution in [1.29, 1.82) is 0 Å². The first-order chi connectivity index (χ1) is 7.22. The summed E-state index contributed by atoms with van der Waals surface area (Å²) >= 11 is 5.98. The number of hydrogen-bond acceptors (Lipinski definition) is 3. The van der Waals surface area contributed by atoms with Gasteiger partial charge in [0.25, 0.3) is 0 Å². The van der Waals surface area contributed by atoms with Crippen LogP contribution in [0.25, 0.3) is 6.08 Å². The predicted octanol–water partition coefficient (Wildman–Crippen LogP) is 2.29. The Hall–Kier alpha value is -1.48. The van der Waals surface area contributed by atoms with Gasteiger partial charge >= 0.3 is 5.97 Å². The molecule has 1 aromatic rings. The summed E-state index contributed by atoms with van der Waals surface area (Å²) in [7, 11) is 1.34. The molecule has 15 heavy (non-hydrogen) atoms. The van der Waals surface area contributed by atoms with Gasteiger partial charge in [-0.2, -0.15) is 0 Å². The summed E-state index contributed by atoms with van der Waals surface area (Å²) in [6.45, 7) is 0.222. The van der Waals surface area contributed by atoms with E-state index in [1.54, 1.807) is 18.2 Å². The Morgan fingerprint density at radius 2 is 2.33 bits per heavy atom. The largest absolute Gasteiger partial charge is 0.488 e. The molecular formula is C11H9ClO3. The van der Waals surface area contributed by atoms with Crippen molar-refractivity contribution in [3.8, 4) is 5.75 Å². The molecule has 1 aromatic carbocycles. The van der Waals surface area contributed by atoms with Crippen LogP contribution in [-0.2, 0) is 9.53 Å². The Bertz CT molecular complexity index is 437. The SMILES string of the molecule is COC(=O)C1=Cc2c(Cl)cccc2OC1. The van der Waals surface area contributed by atoms with Gasteiger partial charge in [-0.15, -0.1) is 0 Å². The smallest absolute Gasteiger partial charge is 0.337 e. The number of carbonyl (C=O) groups is 1. The minimum absolute atomic E-state index is 0.222.